The number of amides is 2. The van der Waals surface area contributed by atoms with Gasteiger partial charge in [0.2, 0.25) is 5.91 Å². The summed E-state index contributed by atoms with van der Waals surface area (Å²) in [7, 11) is 0. The molecular formula is C13H13Cl2N3O2. The maximum absolute atomic E-state index is 11.9. The van der Waals surface area contributed by atoms with E-state index in [4.69, 9.17) is 28.9 Å². The van der Waals surface area contributed by atoms with Crippen LogP contribution in [-0.2, 0) is 4.79 Å². The van der Waals surface area contributed by atoms with E-state index in [9.17, 15) is 9.59 Å². The second-order valence-corrected chi connectivity index (χ2v) is 5.12. The molecule has 0 aliphatic rings. The Hall–Kier alpha value is -1.72. The van der Waals surface area contributed by atoms with Crippen LogP contribution in [0.5, 0.6) is 0 Å². The van der Waals surface area contributed by atoms with Crippen molar-refractivity contribution in [3.63, 3.8) is 0 Å². The lowest BCUT2D eigenvalue weighted by Gasteiger charge is -2.01. The zero-order valence-corrected chi connectivity index (χ0v) is 12.0. The summed E-state index contributed by atoms with van der Waals surface area (Å²) in [4.78, 5) is 25.5. The number of H-pyrrole nitrogens is 1. The summed E-state index contributed by atoms with van der Waals surface area (Å²) in [6.07, 6.45) is 0.752. The van der Waals surface area contributed by atoms with Crippen molar-refractivity contribution in [1.82, 2.24) is 10.3 Å². The standard InChI is InChI=1S/C13H13Cl2N3O2/c14-8-3-4-9-7(12(8)15)6-10(18-9)13(20)17-5-1-2-11(16)19/h3-4,6,18H,1-2,5H2,(H2,16,19)(H,17,20). The first-order valence-corrected chi connectivity index (χ1v) is 6.78. The lowest BCUT2D eigenvalue weighted by molar-refractivity contribution is -0.118. The van der Waals surface area contributed by atoms with E-state index in [0.29, 0.717) is 34.1 Å². The van der Waals surface area contributed by atoms with Crippen LogP contribution in [0.2, 0.25) is 10.0 Å². The van der Waals surface area contributed by atoms with Gasteiger partial charge in [-0.05, 0) is 24.6 Å². The second kappa shape index (κ2) is 6.15. The van der Waals surface area contributed by atoms with E-state index in [-0.39, 0.29) is 18.2 Å². The van der Waals surface area contributed by atoms with E-state index in [1.54, 1.807) is 18.2 Å². The van der Waals surface area contributed by atoms with Crippen molar-refractivity contribution in [1.29, 1.82) is 0 Å². The molecule has 0 aliphatic heterocycles. The molecule has 2 rings (SSSR count). The van der Waals surface area contributed by atoms with E-state index >= 15 is 0 Å². The fourth-order valence-electron chi connectivity index (χ4n) is 1.82. The van der Waals surface area contributed by atoms with Crippen LogP contribution in [0.1, 0.15) is 23.3 Å². The number of fused-ring (bicyclic) bond motifs is 1. The average Bonchev–Trinajstić information content (AvgIpc) is 2.83. The van der Waals surface area contributed by atoms with Gasteiger partial charge in [-0.1, -0.05) is 23.2 Å². The number of benzene rings is 1. The van der Waals surface area contributed by atoms with Crippen molar-refractivity contribution in [2.24, 2.45) is 5.73 Å². The number of aromatic amines is 1. The molecule has 7 heteroatoms. The Balaban J connectivity index is 2.07. The van der Waals surface area contributed by atoms with Gasteiger partial charge in [0.15, 0.2) is 0 Å². The largest absolute Gasteiger partial charge is 0.370 e. The van der Waals surface area contributed by atoms with Crippen LogP contribution >= 0.6 is 23.2 Å². The number of hydrogen-bond acceptors (Lipinski definition) is 2. The predicted molar refractivity (Wildman–Crippen MR) is 79.1 cm³/mol. The maximum Gasteiger partial charge on any atom is 0.267 e. The molecule has 1 aromatic heterocycles. The summed E-state index contributed by atoms with van der Waals surface area (Å²) < 4.78 is 0. The highest BCUT2D eigenvalue weighted by atomic mass is 35.5. The molecule has 0 bridgehead atoms. The van der Waals surface area contributed by atoms with Gasteiger partial charge >= 0.3 is 0 Å². The number of carbonyl (C=O) groups excluding carboxylic acids is 2. The summed E-state index contributed by atoms with van der Waals surface area (Å²) in [5, 5.41) is 4.24. The van der Waals surface area contributed by atoms with Crippen LogP contribution in [0.3, 0.4) is 0 Å². The molecule has 20 heavy (non-hydrogen) atoms. The van der Waals surface area contributed by atoms with E-state index in [1.165, 1.54) is 0 Å². The van der Waals surface area contributed by atoms with Crippen molar-refractivity contribution < 1.29 is 9.59 Å². The molecule has 4 N–H and O–H groups in total. The van der Waals surface area contributed by atoms with Crippen LogP contribution in [0, 0.1) is 0 Å². The fourth-order valence-corrected chi connectivity index (χ4v) is 2.21. The van der Waals surface area contributed by atoms with E-state index < -0.39 is 0 Å². The summed E-state index contributed by atoms with van der Waals surface area (Å²) >= 11 is 12.0. The SMILES string of the molecule is NC(=O)CCCNC(=O)c1cc2c(Cl)c(Cl)ccc2[nH]1. The smallest absolute Gasteiger partial charge is 0.267 e. The number of primary amides is 1. The van der Waals surface area contributed by atoms with Gasteiger partial charge < -0.3 is 16.0 Å². The molecule has 0 fully saturated rings. The number of nitrogens with two attached hydrogens (primary N) is 1. The Morgan fingerprint density at radius 3 is 2.75 bits per heavy atom. The second-order valence-electron chi connectivity index (χ2n) is 4.33. The Bertz CT molecular complexity index is 667. The van der Waals surface area contributed by atoms with Crippen molar-refractivity contribution in [2.45, 2.75) is 12.8 Å². The van der Waals surface area contributed by atoms with Crippen LogP contribution in [0.25, 0.3) is 10.9 Å². The van der Waals surface area contributed by atoms with Crippen molar-refractivity contribution in [3.05, 3.63) is 33.9 Å². The zero-order valence-electron chi connectivity index (χ0n) is 10.5. The fraction of sp³-hybridized carbons (Fsp3) is 0.231. The molecule has 2 amide bonds. The molecular weight excluding hydrogens is 301 g/mol. The van der Waals surface area contributed by atoms with Gasteiger partial charge in [0.05, 0.1) is 10.0 Å². The summed E-state index contributed by atoms with van der Waals surface area (Å²) in [6.45, 7) is 0.381. The topological polar surface area (TPSA) is 88.0 Å². The number of aromatic nitrogens is 1. The Kier molecular flexibility index (Phi) is 4.52. The third-order valence-electron chi connectivity index (χ3n) is 2.82. The average molecular weight is 314 g/mol. The first-order valence-electron chi connectivity index (χ1n) is 6.02. The highest BCUT2D eigenvalue weighted by Crippen LogP contribution is 2.31. The zero-order chi connectivity index (χ0) is 14.7. The monoisotopic (exact) mass is 313 g/mol. The minimum Gasteiger partial charge on any atom is -0.370 e. The van der Waals surface area contributed by atoms with Gasteiger partial charge in [-0.15, -0.1) is 0 Å². The molecule has 5 nitrogen and oxygen atoms in total. The molecule has 0 spiro atoms. The molecule has 2 aromatic rings. The number of carbonyl (C=O) groups is 2. The third kappa shape index (κ3) is 3.23. The minimum absolute atomic E-state index is 0.244. The van der Waals surface area contributed by atoms with Crippen LogP contribution in [0.15, 0.2) is 18.2 Å². The van der Waals surface area contributed by atoms with E-state index in [1.807, 2.05) is 0 Å². The van der Waals surface area contributed by atoms with Gasteiger partial charge in [-0.3, -0.25) is 9.59 Å². The van der Waals surface area contributed by atoms with Crippen molar-refractivity contribution in [3.8, 4) is 0 Å². The van der Waals surface area contributed by atoms with Crippen molar-refractivity contribution >= 4 is 45.9 Å². The van der Waals surface area contributed by atoms with Gasteiger partial charge in [0, 0.05) is 23.9 Å². The Morgan fingerprint density at radius 1 is 1.30 bits per heavy atom. The lowest BCUT2D eigenvalue weighted by atomic mass is 10.2. The molecule has 0 atom stereocenters. The third-order valence-corrected chi connectivity index (χ3v) is 3.64. The number of rotatable bonds is 5. The quantitative estimate of drug-likeness (QED) is 0.740. The number of nitrogens with one attached hydrogen (secondary N) is 2. The van der Waals surface area contributed by atoms with Crippen molar-refractivity contribution in [2.75, 3.05) is 6.54 Å². The molecule has 0 saturated carbocycles. The Labute approximate surface area is 125 Å². The van der Waals surface area contributed by atoms with Gasteiger partial charge in [-0.25, -0.2) is 0 Å². The van der Waals surface area contributed by atoms with Crippen LogP contribution < -0.4 is 11.1 Å². The predicted octanol–water partition coefficient (Wildman–Crippen LogP) is 2.47. The van der Waals surface area contributed by atoms with E-state index in [0.717, 1.165) is 5.52 Å². The van der Waals surface area contributed by atoms with Crippen LogP contribution in [0.4, 0.5) is 0 Å². The molecule has 0 saturated heterocycles. The van der Waals surface area contributed by atoms with Gasteiger partial charge in [-0.2, -0.15) is 0 Å². The number of halogens is 2. The molecule has 0 unspecified atom stereocenters. The highest BCUT2D eigenvalue weighted by Gasteiger charge is 2.12. The first-order chi connectivity index (χ1) is 9.49. The summed E-state index contributed by atoms with van der Waals surface area (Å²) in [5.41, 5.74) is 6.15. The molecule has 0 aliphatic carbocycles. The van der Waals surface area contributed by atoms with Gasteiger partial charge in [0.1, 0.15) is 5.69 Å². The first kappa shape index (κ1) is 14.7. The lowest BCUT2D eigenvalue weighted by Crippen LogP contribution is -2.25. The Morgan fingerprint density at radius 2 is 2.05 bits per heavy atom. The molecule has 1 heterocycles. The molecule has 1 aromatic carbocycles. The molecule has 0 radical (unpaired) electrons. The molecule has 106 valence electrons. The maximum atomic E-state index is 11.9. The summed E-state index contributed by atoms with van der Waals surface area (Å²) in [6, 6.07) is 5.07. The summed E-state index contributed by atoms with van der Waals surface area (Å²) in [5.74, 6) is -0.649. The highest BCUT2D eigenvalue weighted by molar-refractivity contribution is 6.45. The van der Waals surface area contributed by atoms with Crippen LogP contribution in [-0.4, -0.2) is 23.3 Å². The minimum atomic E-state index is -0.383. The normalized spacial score (nSPS) is 10.7. The van der Waals surface area contributed by atoms with E-state index in [2.05, 4.69) is 10.3 Å². The van der Waals surface area contributed by atoms with Gasteiger partial charge in [0.25, 0.3) is 5.91 Å². The number of hydrogen-bond donors (Lipinski definition) is 3.